The van der Waals surface area contributed by atoms with Gasteiger partial charge in [0, 0.05) is 16.7 Å². The number of aliphatic imine (C=N–C) groups is 2. The van der Waals surface area contributed by atoms with Crippen LogP contribution in [-0.4, -0.2) is 11.7 Å². The second-order valence-electron chi connectivity index (χ2n) is 18.1. The lowest BCUT2D eigenvalue weighted by atomic mass is 9.72. The second-order valence-corrected chi connectivity index (χ2v) is 18.1. The van der Waals surface area contributed by atoms with Crippen molar-refractivity contribution in [3.63, 3.8) is 0 Å². The van der Waals surface area contributed by atoms with Gasteiger partial charge in [0.05, 0.1) is 17.2 Å². The monoisotopic (exact) mass is 787 g/mol. The van der Waals surface area contributed by atoms with Crippen LogP contribution >= 0.6 is 0 Å². The number of guanidine groups is 1. The molecule has 0 aromatic heterocycles. The fraction of sp³-hybridized carbons (Fsp3) is 0.172. The predicted molar refractivity (Wildman–Crippen MR) is 259 cm³/mol. The third-order valence-electron chi connectivity index (χ3n) is 13.9. The Balaban J connectivity index is 1.06. The van der Waals surface area contributed by atoms with E-state index >= 15 is 0 Å². The Bertz CT molecular complexity index is 3130. The molecule has 3 aliphatic carbocycles. The summed E-state index contributed by atoms with van der Waals surface area (Å²) in [5.74, 6) is 1.16. The van der Waals surface area contributed by atoms with Crippen molar-refractivity contribution in [1.82, 2.24) is 0 Å². The lowest BCUT2D eigenvalue weighted by Crippen LogP contribution is -2.37. The van der Waals surface area contributed by atoms with E-state index in [2.05, 4.69) is 216 Å². The molecule has 296 valence electrons. The van der Waals surface area contributed by atoms with Crippen LogP contribution in [0.1, 0.15) is 62.4 Å². The van der Waals surface area contributed by atoms with E-state index in [1.54, 1.807) is 0 Å². The van der Waals surface area contributed by atoms with Gasteiger partial charge in [-0.05, 0) is 133 Å². The summed E-state index contributed by atoms with van der Waals surface area (Å²) in [6, 6.07) is 51.0. The summed E-state index contributed by atoms with van der Waals surface area (Å²) in [6.45, 7) is 11.7. The first kappa shape index (κ1) is 37.2. The molecule has 3 atom stereocenters. The van der Waals surface area contributed by atoms with E-state index in [1.807, 2.05) is 0 Å². The normalized spacial score (nSPS) is 20.9. The number of benzene rings is 7. The topological polar surface area (TPSA) is 36.8 Å². The SMILES string of the molecule is Cc1c(-c2c(NC3=NC(c4ccc(-c5ccccc5)cc4)C4(C)C=CC=CC4=N3)ccc3ccccc23)cc2ccccc2c1-c1ccc2c(c1)C(C)(C)C1=C2CC(C)C=C1. The van der Waals surface area contributed by atoms with Crippen molar-refractivity contribution in [1.29, 1.82) is 0 Å². The van der Waals surface area contributed by atoms with Gasteiger partial charge in [-0.15, -0.1) is 0 Å². The molecule has 4 aliphatic rings. The molecule has 11 rings (SSSR count). The molecule has 1 aliphatic heterocycles. The number of anilines is 1. The molecule has 0 fully saturated rings. The van der Waals surface area contributed by atoms with E-state index in [0.717, 1.165) is 28.9 Å². The first-order valence-electron chi connectivity index (χ1n) is 21.7. The highest BCUT2D eigenvalue weighted by atomic mass is 15.2. The Morgan fingerprint density at radius 2 is 1.34 bits per heavy atom. The molecule has 1 heterocycles. The fourth-order valence-corrected chi connectivity index (χ4v) is 10.6. The zero-order chi connectivity index (χ0) is 41.5. The first-order chi connectivity index (χ1) is 29.7. The highest BCUT2D eigenvalue weighted by molar-refractivity contribution is 6.16. The molecular weight excluding hydrogens is 739 g/mol. The van der Waals surface area contributed by atoms with E-state index < -0.39 is 5.41 Å². The summed E-state index contributed by atoms with van der Waals surface area (Å²) in [5.41, 5.74) is 17.1. The lowest BCUT2D eigenvalue weighted by molar-refractivity contribution is 0.466. The van der Waals surface area contributed by atoms with Crippen LogP contribution < -0.4 is 5.32 Å². The highest BCUT2D eigenvalue weighted by Gasteiger charge is 2.41. The maximum Gasteiger partial charge on any atom is 0.223 e. The number of hydrogen-bond donors (Lipinski definition) is 1. The second kappa shape index (κ2) is 14.1. The van der Waals surface area contributed by atoms with Crippen molar-refractivity contribution >= 4 is 44.5 Å². The van der Waals surface area contributed by atoms with Gasteiger partial charge in [0.2, 0.25) is 5.96 Å². The van der Waals surface area contributed by atoms with Crippen LogP contribution in [-0.2, 0) is 5.41 Å². The van der Waals surface area contributed by atoms with Crippen molar-refractivity contribution in [2.24, 2.45) is 21.3 Å². The minimum Gasteiger partial charge on any atom is -0.324 e. The molecule has 7 aromatic rings. The van der Waals surface area contributed by atoms with Crippen molar-refractivity contribution in [2.45, 2.75) is 52.5 Å². The summed E-state index contributed by atoms with van der Waals surface area (Å²) in [5, 5.41) is 8.69. The van der Waals surface area contributed by atoms with Crippen LogP contribution in [0.5, 0.6) is 0 Å². The number of allylic oxidation sites excluding steroid dienone is 7. The molecule has 0 saturated heterocycles. The Morgan fingerprint density at radius 3 is 2.15 bits per heavy atom. The van der Waals surface area contributed by atoms with Gasteiger partial charge in [0.1, 0.15) is 0 Å². The third-order valence-corrected chi connectivity index (χ3v) is 13.9. The molecule has 1 N–H and O–H groups in total. The molecular formula is C58H49N3. The average molecular weight is 788 g/mol. The van der Waals surface area contributed by atoms with Crippen LogP contribution in [0.4, 0.5) is 5.69 Å². The molecule has 0 spiro atoms. The van der Waals surface area contributed by atoms with E-state index in [0.29, 0.717) is 11.9 Å². The predicted octanol–water partition coefficient (Wildman–Crippen LogP) is 15.0. The zero-order valence-electron chi connectivity index (χ0n) is 35.5. The van der Waals surface area contributed by atoms with Gasteiger partial charge in [-0.25, -0.2) is 9.98 Å². The summed E-state index contributed by atoms with van der Waals surface area (Å²) in [4.78, 5) is 10.7. The summed E-state index contributed by atoms with van der Waals surface area (Å²) in [7, 11) is 0. The minimum absolute atomic E-state index is 0.0607. The van der Waals surface area contributed by atoms with Gasteiger partial charge in [-0.2, -0.15) is 0 Å². The molecule has 3 heteroatoms. The molecule has 0 radical (unpaired) electrons. The third kappa shape index (κ3) is 6.01. The fourth-order valence-electron chi connectivity index (χ4n) is 10.6. The van der Waals surface area contributed by atoms with Gasteiger partial charge in [0.15, 0.2) is 0 Å². The molecule has 7 aromatic carbocycles. The van der Waals surface area contributed by atoms with Gasteiger partial charge in [-0.3, -0.25) is 0 Å². The highest BCUT2D eigenvalue weighted by Crippen LogP contribution is 2.53. The van der Waals surface area contributed by atoms with Crippen LogP contribution in [0.2, 0.25) is 0 Å². The maximum atomic E-state index is 5.46. The van der Waals surface area contributed by atoms with Crippen molar-refractivity contribution in [2.75, 3.05) is 5.32 Å². The lowest BCUT2D eigenvalue weighted by Gasteiger charge is -2.37. The molecule has 3 unspecified atom stereocenters. The number of nitrogens with zero attached hydrogens (tertiary/aromatic N) is 2. The maximum absolute atomic E-state index is 5.46. The van der Waals surface area contributed by atoms with Gasteiger partial charge < -0.3 is 5.32 Å². The largest absolute Gasteiger partial charge is 0.324 e. The van der Waals surface area contributed by atoms with Crippen molar-refractivity contribution in [3.05, 3.63) is 204 Å². The van der Waals surface area contributed by atoms with Gasteiger partial charge in [0.25, 0.3) is 0 Å². The Hall–Kier alpha value is -6.84. The van der Waals surface area contributed by atoms with E-state index in [9.17, 15) is 0 Å². The Morgan fingerprint density at radius 1 is 0.639 bits per heavy atom. The van der Waals surface area contributed by atoms with E-state index in [-0.39, 0.29) is 11.5 Å². The molecule has 0 bridgehead atoms. The van der Waals surface area contributed by atoms with Crippen molar-refractivity contribution in [3.8, 4) is 33.4 Å². The van der Waals surface area contributed by atoms with Crippen LogP contribution in [0.3, 0.4) is 0 Å². The van der Waals surface area contributed by atoms with Crippen LogP contribution in [0.15, 0.2) is 192 Å². The Labute approximate surface area is 359 Å². The van der Waals surface area contributed by atoms with Crippen LogP contribution in [0, 0.1) is 18.3 Å². The van der Waals surface area contributed by atoms with Gasteiger partial charge in [-0.1, -0.05) is 172 Å². The first-order valence-corrected chi connectivity index (χ1v) is 21.7. The van der Waals surface area contributed by atoms with E-state index in [4.69, 9.17) is 9.98 Å². The minimum atomic E-state index is -0.391. The molecule has 61 heavy (non-hydrogen) atoms. The standard InChI is InChI=1S/C58H49N3/c1-36-22-30-49-48(33-36)46-29-27-43(35-50(46)57(49,3)4)53-37(2)47(34-42-18-10-12-20-45(42)53)54-44-19-11-9-17-40(44)28-31-51(54)59-56-60-52-21-13-14-32-58(52,5)55(61-56)41-25-23-39(24-26-41)38-15-7-6-8-16-38/h6-32,34-36,55H,33H2,1-5H3,(H,59,61). The molecule has 0 amide bonds. The summed E-state index contributed by atoms with van der Waals surface area (Å²) in [6.07, 6.45) is 14.5. The molecule has 0 saturated carbocycles. The molecule has 3 nitrogen and oxygen atoms in total. The number of rotatable bonds is 5. The number of nitrogens with one attached hydrogen (secondary N) is 1. The number of hydrogen-bond acceptors (Lipinski definition) is 3. The summed E-state index contributed by atoms with van der Waals surface area (Å²) >= 11 is 0. The smallest absolute Gasteiger partial charge is 0.223 e. The Kier molecular flexibility index (Phi) is 8.61. The quantitative estimate of drug-likeness (QED) is 0.185. The van der Waals surface area contributed by atoms with Crippen molar-refractivity contribution < 1.29 is 0 Å². The average Bonchev–Trinajstić information content (AvgIpc) is 3.50. The van der Waals surface area contributed by atoms with E-state index in [1.165, 1.54) is 77.2 Å². The van der Waals surface area contributed by atoms with Crippen LogP contribution in [0.25, 0.3) is 60.5 Å². The zero-order valence-corrected chi connectivity index (χ0v) is 35.5. The summed E-state index contributed by atoms with van der Waals surface area (Å²) < 4.78 is 0. The number of fused-ring (bicyclic) bond motifs is 5. The van der Waals surface area contributed by atoms with Gasteiger partial charge >= 0.3 is 0 Å².